The molecule has 0 saturated heterocycles. The normalized spacial score (nSPS) is 11.1. The molecule has 3 rings (SSSR count). The number of carboxylic acids is 1. The maximum atomic E-state index is 12.6. The lowest BCUT2D eigenvalue weighted by Crippen LogP contribution is -2.14. The Morgan fingerprint density at radius 2 is 1.73 bits per heavy atom. The number of rotatable bonds is 5. The first-order valence-electron chi connectivity index (χ1n) is 9.33. The molecule has 1 amide bonds. The van der Waals surface area contributed by atoms with Crippen LogP contribution in [0.3, 0.4) is 0 Å². The number of hydrogen-bond acceptors (Lipinski definition) is 3. The molecule has 1 heterocycles. The molecule has 3 aromatic rings. The average molecular weight is 399 g/mol. The van der Waals surface area contributed by atoms with E-state index in [2.05, 4.69) is 5.32 Å². The van der Waals surface area contributed by atoms with Gasteiger partial charge in [0.05, 0.1) is 5.56 Å². The molecule has 0 atom stereocenters. The third-order valence-corrected chi connectivity index (χ3v) is 4.90. The molecular formula is C24H21N3O3. The smallest absolute Gasteiger partial charge is 0.335 e. The number of carbonyl (C=O) groups is 2. The second kappa shape index (κ2) is 8.50. The Kier molecular flexibility index (Phi) is 5.84. The van der Waals surface area contributed by atoms with Gasteiger partial charge in [-0.3, -0.25) is 4.79 Å². The van der Waals surface area contributed by atoms with Crippen LogP contribution < -0.4 is 5.32 Å². The number of carboxylic acid groups (broad SMARTS) is 1. The molecule has 150 valence electrons. The van der Waals surface area contributed by atoms with Crippen molar-refractivity contribution in [1.82, 2.24) is 4.57 Å². The van der Waals surface area contributed by atoms with Crippen molar-refractivity contribution in [2.24, 2.45) is 0 Å². The van der Waals surface area contributed by atoms with E-state index in [0.717, 1.165) is 28.2 Å². The molecule has 1 aromatic heterocycles. The third kappa shape index (κ3) is 4.15. The predicted molar refractivity (Wildman–Crippen MR) is 116 cm³/mol. The fourth-order valence-corrected chi connectivity index (χ4v) is 3.29. The molecule has 0 saturated carbocycles. The highest BCUT2D eigenvalue weighted by atomic mass is 16.4. The molecule has 2 N–H and O–H groups in total. The van der Waals surface area contributed by atoms with Crippen molar-refractivity contribution < 1.29 is 14.7 Å². The van der Waals surface area contributed by atoms with Crippen LogP contribution in [0.4, 0.5) is 5.69 Å². The number of nitriles is 1. The minimum absolute atomic E-state index is 0.000252. The number of nitrogens with one attached hydrogen (secondary N) is 1. The fourth-order valence-electron chi connectivity index (χ4n) is 3.29. The van der Waals surface area contributed by atoms with Crippen LogP contribution >= 0.6 is 0 Å². The zero-order chi connectivity index (χ0) is 21.8. The summed E-state index contributed by atoms with van der Waals surface area (Å²) in [5, 5.41) is 21.4. The second-order valence-electron chi connectivity index (χ2n) is 6.95. The third-order valence-electron chi connectivity index (χ3n) is 4.90. The quantitative estimate of drug-likeness (QED) is 0.482. The zero-order valence-corrected chi connectivity index (χ0v) is 16.9. The van der Waals surface area contributed by atoms with Gasteiger partial charge in [-0.1, -0.05) is 18.2 Å². The monoisotopic (exact) mass is 399 g/mol. The van der Waals surface area contributed by atoms with Crippen molar-refractivity contribution in [2.45, 2.75) is 20.8 Å². The van der Waals surface area contributed by atoms with Gasteiger partial charge in [-0.2, -0.15) is 5.26 Å². The van der Waals surface area contributed by atoms with E-state index in [1.165, 1.54) is 0 Å². The van der Waals surface area contributed by atoms with Crippen LogP contribution in [0, 0.1) is 32.1 Å². The summed E-state index contributed by atoms with van der Waals surface area (Å²) in [6.07, 6.45) is 1.57. The number of aromatic carboxylic acids is 1. The van der Waals surface area contributed by atoms with Gasteiger partial charge in [0.15, 0.2) is 0 Å². The van der Waals surface area contributed by atoms with E-state index in [1.54, 1.807) is 36.4 Å². The number of anilines is 1. The van der Waals surface area contributed by atoms with Crippen LogP contribution in [0.2, 0.25) is 0 Å². The van der Waals surface area contributed by atoms with Crippen molar-refractivity contribution in [3.63, 3.8) is 0 Å². The topological polar surface area (TPSA) is 95.1 Å². The van der Waals surface area contributed by atoms with Crippen LogP contribution in [0.5, 0.6) is 0 Å². The van der Waals surface area contributed by atoms with Crippen LogP contribution in [0.25, 0.3) is 11.8 Å². The molecule has 6 nitrogen and oxygen atoms in total. The number of aromatic nitrogens is 1. The van der Waals surface area contributed by atoms with E-state index in [-0.39, 0.29) is 11.1 Å². The molecule has 0 aliphatic heterocycles. The SMILES string of the molecule is Cc1ccccc1NC(=O)C(C#N)=Cc1cc(C)n(-c2ccc(C(=O)O)cc2)c1C. The first kappa shape index (κ1) is 20.6. The summed E-state index contributed by atoms with van der Waals surface area (Å²) in [6, 6.07) is 17.8. The summed E-state index contributed by atoms with van der Waals surface area (Å²) in [7, 11) is 0. The Morgan fingerprint density at radius 3 is 2.33 bits per heavy atom. The molecule has 6 heteroatoms. The summed E-state index contributed by atoms with van der Waals surface area (Å²) in [5.41, 5.74) is 5.06. The van der Waals surface area contributed by atoms with E-state index in [4.69, 9.17) is 5.11 Å². The first-order chi connectivity index (χ1) is 14.3. The van der Waals surface area contributed by atoms with Crippen LogP contribution in [0.15, 0.2) is 60.2 Å². The van der Waals surface area contributed by atoms with Gasteiger partial charge < -0.3 is 15.0 Å². The van der Waals surface area contributed by atoms with Crippen LogP contribution in [0.1, 0.15) is 32.9 Å². The Morgan fingerprint density at radius 1 is 1.07 bits per heavy atom. The van der Waals surface area contributed by atoms with E-state index < -0.39 is 11.9 Å². The van der Waals surface area contributed by atoms with E-state index in [9.17, 15) is 14.9 Å². The van der Waals surface area contributed by atoms with Gasteiger partial charge in [-0.25, -0.2) is 4.79 Å². The van der Waals surface area contributed by atoms with Crippen molar-refractivity contribution in [2.75, 3.05) is 5.32 Å². The molecule has 0 aliphatic rings. The summed E-state index contributed by atoms with van der Waals surface area (Å²) in [4.78, 5) is 23.7. The lowest BCUT2D eigenvalue weighted by molar-refractivity contribution is -0.112. The van der Waals surface area contributed by atoms with Crippen LogP contribution in [-0.4, -0.2) is 21.6 Å². The second-order valence-corrected chi connectivity index (χ2v) is 6.95. The van der Waals surface area contributed by atoms with Crippen molar-refractivity contribution in [3.8, 4) is 11.8 Å². The first-order valence-corrected chi connectivity index (χ1v) is 9.33. The summed E-state index contributed by atoms with van der Waals surface area (Å²) < 4.78 is 1.95. The standard InChI is InChI=1S/C24H21N3O3/c1-15-6-4-5-7-22(15)26-23(28)20(14-25)13-19-12-16(2)27(17(19)3)21-10-8-18(9-11-21)24(29)30/h4-13H,1-3H3,(H,26,28)(H,29,30). The van der Waals surface area contributed by atoms with Gasteiger partial charge in [0.1, 0.15) is 11.6 Å². The van der Waals surface area contributed by atoms with Gasteiger partial charge in [0.25, 0.3) is 5.91 Å². The van der Waals surface area contributed by atoms with Crippen molar-refractivity contribution in [3.05, 3.63) is 88.2 Å². The highest BCUT2D eigenvalue weighted by molar-refractivity contribution is 6.10. The van der Waals surface area contributed by atoms with E-state index in [0.29, 0.717) is 5.69 Å². The van der Waals surface area contributed by atoms with E-state index in [1.807, 2.05) is 55.7 Å². The predicted octanol–water partition coefficient (Wildman–Crippen LogP) is 4.65. The molecule has 0 bridgehead atoms. The Labute approximate surface area is 174 Å². The molecule has 0 aliphatic carbocycles. The minimum Gasteiger partial charge on any atom is -0.478 e. The highest BCUT2D eigenvalue weighted by Gasteiger charge is 2.15. The molecule has 0 fully saturated rings. The Balaban J connectivity index is 1.93. The fraction of sp³-hybridized carbons (Fsp3) is 0.125. The van der Waals surface area contributed by atoms with Crippen LogP contribution in [-0.2, 0) is 4.79 Å². The maximum Gasteiger partial charge on any atom is 0.335 e. The lowest BCUT2D eigenvalue weighted by atomic mass is 10.1. The number of aryl methyl sites for hydroxylation is 2. The summed E-state index contributed by atoms with van der Waals surface area (Å²) >= 11 is 0. The number of hydrogen-bond donors (Lipinski definition) is 2. The zero-order valence-electron chi connectivity index (χ0n) is 16.9. The van der Waals surface area contributed by atoms with Gasteiger partial charge in [-0.15, -0.1) is 0 Å². The van der Waals surface area contributed by atoms with Gasteiger partial charge in [0.2, 0.25) is 0 Å². The molecule has 0 unspecified atom stereocenters. The van der Waals surface area contributed by atoms with Crippen molar-refractivity contribution >= 4 is 23.6 Å². The maximum absolute atomic E-state index is 12.6. The number of carbonyl (C=O) groups excluding carboxylic acids is 1. The largest absolute Gasteiger partial charge is 0.478 e. The molecular weight excluding hydrogens is 378 g/mol. The number of benzene rings is 2. The highest BCUT2D eigenvalue weighted by Crippen LogP contribution is 2.24. The Hall–Kier alpha value is -4.11. The lowest BCUT2D eigenvalue weighted by Gasteiger charge is -2.10. The summed E-state index contributed by atoms with van der Waals surface area (Å²) in [5.74, 6) is -1.45. The number of amides is 1. The number of nitrogens with zero attached hydrogens (tertiary/aromatic N) is 2. The van der Waals surface area contributed by atoms with Gasteiger partial charge in [-0.05, 0) is 74.4 Å². The molecule has 0 spiro atoms. The molecule has 0 radical (unpaired) electrons. The summed E-state index contributed by atoms with van der Waals surface area (Å²) in [6.45, 7) is 5.68. The Bertz CT molecular complexity index is 1200. The van der Waals surface area contributed by atoms with E-state index >= 15 is 0 Å². The number of para-hydroxylation sites is 1. The van der Waals surface area contributed by atoms with Gasteiger partial charge >= 0.3 is 5.97 Å². The molecule has 2 aromatic carbocycles. The van der Waals surface area contributed by atoms with Crippen molar-refractivity contribution in [1.29, 1.82) is 5.26 Å². The average Bonchev–Trinajstić information content (AvgIpc) is 3.00. The molecule has 30 heavy (non-hydrogen) atoms. The van der Waals surface area contributed by atoms with Gasteiger partial charge in [0, 0.05) is 22.8 Å². The minimum atomic E-state index is -0.982.